The second-order valence-electron chi connectivity index (χ2n) is 4.77. The van der Waals surface area contributed by atoms with Crippen molar-refractivity contribution in [3.63, 3.8) is 0 Å². The molecular weight excluding hydrogens is 226 g/mol. The molecule has 1 aromatic rings. The summed E-state index contributed by atoms with van der Waals surface area (Å²) in [5.41, 5.74) is 0.574. The van der Waals surface area contributed by atoms with Crippen LogP contribution in [-0.4, -0.2) is 19.0 Å². The minimum atomic E-state index is -0.672. The maximum Gasteiger partial charge on any atom is 0.159 e. The Labute approximate surface area is 108 Å². The molecule has 1 heterocycles. The standard InChI is InChI=1S/C15H19NO2/c1-17-14-8-5-10-15(12-16,18-14)11-9-13-6-3-2-4-7-13/h2-4,6-7,14H,5,8-11H2,1H3. The molecule has 2 rings (SSSR count). The van der Waals surface area contributed by atoms with E-state index >= 15 is 0 Å². The summed E-state index contributed by atoms with van der Waals surface area (Å²) >= 11 is 0. The van der Waals surface area contributed by atoms with Crippen LogP contribution in [0.3, 0.4) is 0 Å². The van der Waals surface area contributed by atoms with Crippen LogP contribution in [-0.2, 0) is 15.9 Å². The minimum absolute atomic E-state index is 0.228. The van der Waals surface area contributed by atoms with Gasteiger partial charge in [0, 0.05) is 7.11 Å². The van der Waals surface area contributed by atoms with Crippen molar-refractivity contribution < 1.29 is 9.47 Å². The summed E-state index contributed by atoms with van der Waals surface area (Å²) in [6.45, 7) is 0. The number of benzene rings is 1. The molecule has 0 N–H and O–H groups in total. The molecule has 3 nitrogen and oxygen atoms in total. The highest BCUT2D eigenvalue weighted by Gasteiger charge is 2.37. The average molecular weight is 245 g/mol. The van der Waals surface area contributed by atoms with Crippen LogP contribution >= 0.6 is 0 Å². The first kappa shape index (κ1) is 13.1. The Morgan fingerprint density at radius 2 is 2.22 bits per heavy atom. The van der Waals surface area contributed by atoms with E-state index in [0.29, 0.717) is 0 Å². The second-order valence-corrected chi connectivity index (χ2v) is 4.77. The van der Waals surface area contributed by atoms with Gasteiger partial charge in [-0.05, 0) is 37.7 Å². The van der Waals surface area contributed by atoms with Gasteiger partial charge in [0.25, 0.3) is 0 Å². The summed E-state index contributed by atoms with van der Waals surface area (Å²) in [6.07, 6.45) is 4.04. The van der Waals surface area contributed by atoms with E-state index in [1.165, 1.54) is 5.56 Å². The van der Waals surface area contributed by atoms with Gasteiger partial charge >= 0.3 is 0 Å². The van der Waals surface area contributed by atoms with E-state index in [9.17, 15) is 5.26 Å². The molecule has 1 saturated heterocycles. The monoisotopic (exact) mass is 245 g/mol. The lowest BCUT2D eigenvalue weighted by Gasteiger charge is -2.35. The lowest BCUT2D eigenvalue weighted by Crippen LogP contribution is -2.40. The molecule has 0 amide bonds. The van der Waals surface area contributed by atoms with E-state index in [1.54, 1.807) is 7.11 Å². The van der Waals surface area contributed by atoms with Crippen LogP contribution in [0.4, 0.5) is 0 Å². The van der Waals surface area contributed by atoms with Gasteiger partial charge in [0.2, 0.25) is 0 Å². The van der Waals surface area contributed by atoms with Crippen LogP contribution in [0.25, 0.3) is 0 Å². The van der Waals surface area contributed by atoms with Crippen molar-refractivity contribution in [2.45, 2.75) is 44.0 Å². The topological polar surface area (TPSA) is 42.2 Å². The van der Waals surface area contributed by atoms with Gasteiger partial charge in [-0.2, -0.15) is 5.26 Å². The SMILES string of the molecule is COC1CCCC(C#N)(CCc2ccccc2)O1. The molecule has 1 aliphatic rings. The first-order valence-electron chi connectivity index (χ1n) is 6.44. The summed E-state index contributed by atoms with van der Waals surface area (Å²) in [6, 6.07) is 12.6. The van der Waals surface area contributed by atoms with E-state index in [0.717, 1.165) is 32.1 Å². The number of hydrogen-bond acceptors (Lipinski definition) is 3. The van der Waals surface area contributed by atoms with Gasteiger partial charge in [-0.1, -0.05) is 30.3 Å². The second kappa shape index (κ2) is 5.99. The number of hydrogen-bond donors (Lipinski definition) is 0. The normalized spacial score (nSPS) is 27.7. The molecule has 2 unspecified atom stereocenters. The summed E-state index contributed by atoms with van der Waals surface area (Å²) < 4.78 is 11.0. The van der Waals surface area contributed by atoms with Crippen LogP contribution in [0.1, 0.15) is 31.2 Å². The van der Waals surface area contributed by atoms with Crippen LogP contribution in [0.2, 0.25) is 0 Å². The van der Waals surface area contributed by atoms with Gasteiger partial charge in [0.1, 0.15) is 0 Å². The number of methoxy groups -OCH3 is 1. The highest BCUT2D eigenvalue weighted by molar-refractivity contribution is 5.16. The summed E-state index contributed by atoms with van der Waals surface area (Å²) in [4.78, 5) is 0. The Kier molecular flexibility index (Phi) is 4.35. The molecule has 0 saturated carbocycles. The third-order valence-corrected chi connectivity index (χ3v) is 3.50. The molecule has 1 aromatic carbocycles. The van der Waals surface area contributed by atoms with E-state index < -0.39 is 5.60 Å². The molecule has 1 aliphatic heterocycles. The van der Waals surface area contributed by atoms with Gasteiger partial charge in [-0.3, -0.25) is 0 Å². The first-order chi connectivity index (χ1) is 8.78. The van der Waals surface area contributed by atoms with Crippen molar-refractivity contribution in [2.75, 3.05) is 7.11 Å². The van der Waals surface area contributed by atoms with Crippen molar-refractivity contribution in [1.29, 1.82) is 5.26 Å². The maximum atomic E-state index is 9.40. The third kappa shape index (κ3) is 3.10. The molecule has 2 atom stereocenters. The third-order valence-electron chi connectivity index (χ3n) is 3.50. The zero-order valence-electron chi connectivity index (χ0n) is 10.8. The van der Waals surface area contributed by atoms with Crippen LogP contribution in [0.5, 0.6) is 0 Å². The molecule has 0 aliphatic carbocycles. The van der Waals surface area contributed by atoms with Gasteiger partial charge < -0.3 is 9.47 Å². The predicted octanol–water partition coefficient (Wildman–Crippen LogP) is 3.05. The van der Waals surface area contributed by atoms with Crippen LogP contribution in [0.15, 0.2) is 30.3 Å². The lowest BCUT2D eigenvalue weighted by atomic mass is 9.88. The molecule has 0 aromatic heterocycles. The molecule has 3 heteroatoms. The van der Waals surface area contributed by atoms with Crippen molar-refractivity contribution >= 4 is 0 Å². The summed E-state index contributed by atoms with van der Waals surface area (Å²) in [5.74, 6) is 0. The van der Waals surface area contributed by atoms with Gasteiger partial charge in [-0.25, -0.2) is 0 Å². The van der Waals surface area contributed by atoms with Crippen LogP contribution < -0.4 is 0 Å². The predicted molar refractivity (Wildman–Crippen MR) is 68.8 cm³/mol. The van der Waals surface area contributed by atoms with Gasteiger partial charge in [-0.15, -0.1) is 0 Å². The molecule has 96 valence electrons. The molecule has 1 fully saturated rings. The average Bonchev–Trinajstić information content (AvgIpc) is 2.46. The van der Waals surface area contributed by atoms with E-state index in [-0.39, 0.29) is 6.29 Å². The molecule has 0 spiro atoms. The lowest BCUT2D eigenvalue weighted by molar-refractivity contribution is -0.207. The molecule has 18 heavy (non-hydrogen) atoms. The van der Waals surface area contributed by atoms with Crippen molar-refractivity contribution in [2.24, 2.45) is 0 Å². The largest absolute Gasteiger partial charge is 0.356 e. The zero-order valence-corrected chi connectivity index (χ0v) is 10.8. The number of nitriles is 1. The Morgan fingerprint density at radius 3 is 2.89 bits per heavy atom. The maximum absolute atomic E-state index is 9.40. The fourth-order valence-electron chi connectivity index (χ4n) is 2.40. The Hall–Kier alpha value is -1.37. The number of aryl methyl sites for hydroxylation is 1. The Bertz CT molecular complexity index is 412. The highest BCUT2D eigenvalue weighted by Crippen LogP contribution is 2.32. The Morgan fingerprint density at radius 1 is 1.44 bits per heavy atom. The Balaban J connectivity index is 1.98. The van der Waals surface area contributed by atoms with Crippen molar-refractivity contribution in [3.05, 3.63) is 35.9 Å². The fourth-order valence-corrected chi connectivity index (χ4v) is 2.40. The zero-order chi connectivity index (χ0) is 12.8. The number of nitrogens with zero attached hydrogens (tertiary/aromatic N) is 1. The molecule has 0 radical (unpaired) electrons. The summed E-state index contributed by atoms with van der Waals surface area (Å²) in [5, 5.41) is 9.40. The molecule has 0 bridgehead atoms. The smallest absolute Gasteiger partial charge is 0.159 e. The van der Waals surface area contributed by atoms with Crippen molar-refractivity contribution in [3.8, 4) is 6.07 Å². The van der Waals surface area contributed by atoms with Gasteiger partial charge in [0.05, 0.1) is 6.07 Å². The number of ether oxygens (including phenoxy) is 2. The van der Waals surface area contributed by atoms with Crippen LogP contribution in [0, 0.1) is 11.3 Å². The first-order valence-corrected chi connectivity index (χ1v) is 6.44. The van der Waals surface area contributed by atoms with E-state index in [1.807, 2.05) is 18.2 Å². The quantitative estimate of drug-likeness (QED) is 0.818. The van der Waals surface area contributed by atoms with E-state index in [4.69, 9.17) is 9.47 Å². The fraction of sp³-hybridized carbons (Fsp3) is 0.533. The number of rotatable bonds is 4. The van der Waals surface area contributed by atoms with E-state index in [2.05, 4.69) is 18.2 Å². The molecular formula is C15H19NO2. The highest BCUT2D eigenvalue weighted by atomic mass is 16.7. The summed E-state index contributed by atoms with van der Waals surface area (Å²) in [7, 11) is 1.63. The minimum Gasteiger partial charge on any atom is -0.356 e. The van der Waals surface area contributed by atoms with Gasteiger partial charge in [0.15, 0.2) is 11.9 Å². The van der Waals surface area contributed by atoms with Crippen molar-refractivity contribution in [1.82, 2.24) is 0 Å².